The van der Waals surface area contributed by atoms with Gasteiger partial charge in [0.05, 0.1) is 5.69 Å². The lowest BCUT2D eigenvalue weighted by Crippen LogP contribution is -2.35. The van der Waals surface area contributed by atoms with Crippen molar-refractivity contribution in [3.63, 3.8) is 0 Å². The molecule has 1 aliphatic heterocycles. The summed E-state index contributed by atoms with van der Waals surface area (Å²) in [6.45, 7) is 3.89. The van der Waals surface area contributed by atoms with Crippen molar-refractivity contribution < 1.29 is 19.8 Å². The van der Waals surface area contributed by atoms with Gasteiger partial charge in [0.2, 0.25) is 0 Å². The topological polar surface area (TPSA) is 89.9 Å². The Morgan fingerprint density at radius 2 is 1.71 bits per heavy atom. The molecule has 122 valence electrons. The van der Waals surface area contributed by atoms with Crippen LogP contribution in [-0.4, -0.2) is 22.0 Å². The zero-order valence-electron chi connectivity index (χ0n) is 13.2. The van der Waals surface area contributed by atoms with Crippen molar-refractivity contribution in [3.8, 4) is 11.5 Å². The van der Waals surface area contributed by atoms with E-state index < -0.39 is 11.8 Å². The van der Waals surface area contributed by atoms with E-state index in [9.17, 15) is 19.8 Å². The van der Waals surface area contributed by atoms with Crippen molar-refractivity contribution >= 4 is 23.6 Å². The molecule has 1 saturated heterocycles. The number of carbonyl (C=O) groups is 2. The van der Waals surface area contributed by atoms with Crippen LogP contribution in [0, 0.1) is 13.8 Å². The number of aromatic hydroxyl groups is 2. The molecule has 3 N–H and O–H groups in total. The van der Waals surface area contributed by atoms with Crippen molar-refractivity contribution in [1.29, 1.82) is 0 Å². The first-order chi connectivity index (χ1) is 11.4. The van der Waals surface area contributed by atoms with Crippen LogP contribution < -0.4 is 10.4 Å². The summed E-state index contributed by atoms with van der Waals surface area (Å²) in [4.78, 5) is 24.7. The van der Waals surface area contributed by atoms with Crippen LogP contribution in [0.1, 0.15) is 16.7 Å². The molecule has 1 heterocycles. The molecule has 2 aromatic rings. The lowest BCUT2D eigenvalue weighted by Gasteiger charge is -2.15. The monoisotopic (exact) mass is 324 g/mol. The van der Waals surface area contributed by atoms with E-state index >= 15 is 0 Å². The zero-order valence-corrected chi connectivity index (χ0v) is 13.2. The molecule has 0 atom stereocenters. The van der Waals surface area contributed by atoms with Gasteiger partial charge in [0.25, 0.3) is 11.8 Å². The minimum atomic E-state index is -0.522. The molecule has 0 spiro atoms. The average molecular weight is 324 g/mol. The number of benzene rings is 2. The molecule has 0 aliphatic carbocycles. The van der Waals surface area contributed by atoms with Gasteiger partial charge in [0.1, 0.15) is 5.57 Å². The molecule has 0 radical (unpaired) electrons. The Kier molecular flexibility index (Phi) is 3.73. The fraction of sp³-hybridized carbons (Fsp3) is 0.111. The van der Waals surface area contributed by atoms with Gasteiger partial charge in [-0.3, -0.25) is 15.0 Å². The molecule has 0 bridgehead atoms. The number of nitrogens with zero attached hydrogens (tertiary/aromatic N) is 1. The van der Waals surface area contributed by atoms with Crippen molar-refractivity contribution in [2.75, 3.05) is 5.01 Å². The molecule has 24 heavy (non-hydrogen) atoms. The average Bonchev–Trinajstić information content (AvgIpc) is 2.82. The first kappa shape index (κ1) is 15.6. The fourth-order valence-corrected chi connectivity index (χ4v) is 2.40. The Hall–Kier alpha value is -3.28. The smallest absolute Gasteiger partial charge is 0.282 e. The van der Waals surface area contributed by atoms with Gasteiger partial charge in [-0.2, -0.15) is 0 Å². The third-order valence-electron chi connectivity index (χ3n) is 3.95. The lowest BCUT2D eigenvalue weighted by molar-refractivity contribution is -0.117. The number of nitrogens with one attached hydrogen (secondary N) is 1. The molecular formula is C18H16N2O4. The van der Waals surface area contributed by atoms with Gasteiger partial charge in [0, 0.05) is 0 Å². The van der Waals surface area contributed by atoms with Gasteiger partial charge in [-0.15, -0.1) is 0 Å². The number of phenols is 2. The number of hydrazine groups is 1. The van der Waals surface area contributed by atoms with Crippen molar-refractivity contribution in [2.24, 2.45) is 0 Å². The molecule has 6 nitrogen and oxygen atoms in total. The maximum absolute atomic E-state index is 12.5. The molecule has 3 rings (SSSR count). The number of rotatable bonds is 2. The Labute approximate surface area is 138 Å². The molecule has 1 aliphatic rings. The van der Waals surface area contributed by atoms with Gasteiger partial charge in [0.15, 0.2) is 11.5 Å². The summed E-state index contributed by atoms with van der Waals surface area (Å²) in [7, 11) is 0. The molecule has 2 aromatic carbocycles. The van der Waals surface area contributed by atoms with Crippen LogP contribution in [0.15, 0.2) is 42.0 Å². The van der Waals surface area contributed by atoms with E-state index in [1.807, 2.05) is 26.0 Å². The number of amides is 2. The number of aryl methyl sites for hydroxylation is 2. The number of carbonyl (C=O) groups excluding carboxylic acids is 2. The van der Waals surface area contributed by atoms with E-state index in [1.54, 1.807) is 6.07 Å². The van der Waals surface area contributed by atoms with Gasteiger partial charge >= 0.3 is 0 Å². The summed E-state index contributed by atoms with van der Waals surface area (Å²) in [6, 6.07) is 9.53. The molecular weight excluding hydrogens is 308 g/mol. The van der Waals surface area contributed by atoms with E-state index in [1.165, 1.54) is 29.3 Å². The standard InChI is InChI=1S/C18H16N2O4/c1-10-3-5-13(7-11(10)2)20-18(24)14(17(23)19-20)8-12-4-6-15(21)16(22)9-12/h3-9,21-22H,1-2H3,(H,19,23). The molecule has 2 amide bonds. The quantitative estimate of drug-likeness (QED) is 0.449. The maximum Gasteiger partial charge on any atom is 0.282 e. The van der Waals surface area contributed by atoms with Crippen LogP contribution in [0.5, 0.6) is 11.5 Å². The van der Waals surface area contributed by atoms with Crippen molar-refractivity contribution in [1.82, 2.24) is 5.43 Å². The second-order valence-corrected chi connectivity index (χ2v) is 5.66. The zero-order chi connectivity index (χ0) is 17.4. The lowest BCUT2D eigenvalue weighted by atomic mass is 10.1. The highest BCUT2D eigenvalue weighted by Gasteiger charge is 2.34. The third-order valence-corrected chi connectivity index (χ3v) is 3.95. The first-order valence-electron chi connectivity index (χ1n) is 7.33. The Balaban J connectivity index is 1.95. The number of anilines is 1. The van der Waals surface area contributed by atoms with Crippen LogP contribution in [0.4, 0.5) is 5.69 Å². The third kappa shape index (κ3) is 2.69. The highest BCUT2D eigenvalue weighted by molar-refractivity contribution is 6.31. The second-order valence-electron chi connectivity index (χ2n) is 5.66. The van der Waals surface area contributed by atoms with Crippen LogP contribution in [-0.2, 0) is 9.59 Å². The van der Waals surface area contributed by atoms with E-state index in [-0.39, 0.29) is 17.1 Å². The number of hydrogen-bond donors (Lipinski definition) is 3. The van der Waals surface area contributed by atoms with Gasteiger partial charge in [-0.25, -0.2) is 5.01 Å². The normalized spacial score (nSPS) is 15.9. The predicted molar refractivity (Wildman–Crippen MR) is 89.3 cm³/mol. The minimum absolute atomic E-state index is 0.0432. The van der Waals surface area contributed by atoms with Crippen LogP contribution in [0.3, 0.4) is 0 Å². The summed E-state index contributed by atoms with van der Waals surface area (Å²) in [5.41, 5.74) is 5.60. The molecule has 0 aromatic heterocycles. The Morgan fingerprint density at radius 1 is 0.958 bits per heavy atom. The number of hydrogen-bond acceptors (Lipinski definition) is 4. The largest absolute Gasteiger partial charge is 0.504 e. The van der Waals surface area contributed by atoms with Gasteiger partial charge < -0.3 is 10.2 Å². The summed E-state index contributed by atoms with van der Waals surface area (Å²) < 4.78 is 0. The molecule has 0 saturated carbocycles. The predicted octanol–water partition coefficient (Wildman–Crippen LogP) is 2.18. The first-order valence-corrected chi connectivity index (χ1v) is 7.33. The number of phenolic OH excluding ortho intramolecular Hbond substituents is 2. The van der Waals surface area contributed by atoms with Crippen LogP contribution >= 0.6 is 0 Å². The van der Waals surface area contributed by atoms with Gasteiger partial charge in [-0.05, 0) is 60.9 Å². The summed E-state index contributed by atoms with van der Waals surface area (Å²) in [5, 5.41) is 20.0. The highest BCUT2D eigenvalue weighted by atomic mass is 16.3. The summed E-state index contributed by atoms with van der Waals surface area (Å²) >= 11 is 0. The van der Waals surface area contributed by atoms with Crippen molar-refractivity contribution in [3.05, 3.63) is 58.7 Å². The van der Waals surface area contributed by atoms with E-state index in [2.05, 4.69) is 5.43 Å². The van der Waals surface area contributed by atoms with Crippen LogP contribution in [0.2, 0.25) is 0 Å². The van der Waals surface area contributed by atoms with Crippen molar-refractivity contribution in [2.45, 2.75) is 13.8 Å². The minimum Gasteiger partial charge on any atom is -0.504 e. The highest BCUT2D eigenvalue weighted by Crippen LogP contribution is 2.28. The van der Waals surface area contributed by atoms with E-state index in [0.29, 0.717) is 11.3 Å². The second kappa shape index (κ2) is 5.73. The summed E-state index contributed by atoms with van der Waals surface area (Å²) in [5.74, 6) is -1.58. The van der Waals surface area contributed by atoms with E-state index in [4.69, 9.17) is 0 Å². The maximum atomic E-state index is 12.5. The van der Waals surface area contributed by atoms with Gasteiger partial charge in [-0.1, -0.05) is 12.1 Å². The molecule has 0 unspecified atom stereocenters. The van der Waals surface area contributed by atoms with E-state index in [0.717, 1.165) is 11.1 Å². The SMILES string of the molecule is Cc1ccc(N2NC(=O)C(=Cc3ccc(O)c(O)c3)C2=O)cc1C. The fourth-order valence-electron chi connectivity index (χ4n) is 2.40. The Morgan fingerprint density at radius 3 is 2.38 bits per heavy atom. The Bertz CT molecular complexity index is 887. The molecule has 6 heteroatoms. The van der Waals surface area contributed by atoms with Crippen LogP contribution in [0.25, 0.3) is 6.08 Å². The summed E-state index contributed by atoms with van der Waals surface area (Å²) in [6.07, 6.45) is 1.37. The molecule has 1 fully saturated rings.